The zero-order chi connectivity index (χ0) is 16.2. The maximum absolute atomic E-state index is 12.8. The standard InChI is InChI=1S/C18H22N4O/c1-13(2)21-18(23)17(14-6-4-3-5-7-14)22-9-8-15-10-19-12-20-16(15)11-22/h3-7,10,12-13,17H,8-9,11H2,1-2H3,(H,21,23). The van der Waals surface area contributed by atoms with Crippen molar-refractivity contribution in [2.75, 3.05) is 6.54 Å². The molecule has 2 aromatic rings. The SMILES string of the molecule is CC(C)NC(=O)C(c1ccccc1)N1CCc2cncnc2C1. The van der Waals surface area contributed by atoms with Gasteiger partial charge in [-0.05, 0) is 31.4 Å². The maximum atomic E-state index is 12.8. The molecule has 1 N–H and O–H groups in total. The number of nitrogens with one attached hydrogen (secondary N) is 1. The van der Waals surface area contributed by atoms with Crippen molar-refractivity contribution < 1.29 is 4.79 Å². The third kappa shape index (κ3) is 3.56. The molecule has 120 valence electrons. The molecule has 0 saturated carbocycles. The quantitative estimate of drug-likeness (QED) is 0.939. The van der Waals surface area contributed by atoms with E-state index in [1.54, 1.807) is 6.33 Å². The average molecular weight is 310 g/mol. The third-order valence-electron chi connectivity index (χ3n) is 4.06. The summed E-state index contributed by atoms with van der Waals surface area (Å²) >= 11 is 0. The van der Waals surface area contributed by atoms with Gasteiger partial charge in [0.25, 0.3) is 0 Å². The highest BCUT2D eigenvalue weighted by Crippen LogP contribution is 2.27. The van der Waals surface area contributed by atoms with Crippen LogP contribution in [0.15, 0.2) is 42.9 Å². The second kappa shape index (κ2) is 6.87. The van der Waals surface area contributed by atoms with Gasteiger partial charge in [-0.3, -0.25) is 9.69 Å². The van der Waals surface area contributed by atoms with E-state index in [0.29, 0.717) is 6.54 Å². The fourth-order valence-electron chi connectivity index (χ4n) is 3.02. The highest BCUT2D eigenvalue weighted by atomic mass is 16.2. The summed E-state index contributed by atoms with van der Waals surface area (Å²) in [5, 5.41) is 3.05. The maximum Gasteiger partial charge on any atom is 0.242 e. The molecule has 0 bridgehead atoms. The number of nitrogens with zero attached hydrogens (tertiary/aromatic N) is 3. The Morgan fingerprint density at radius 3 is 2.78 bits per heavy atom. The number of carbonyl (C=O) groups is 1. The van der Waals surface area contributed by atoms with Gasteiger partial charge in [0, 0.05) is 25.3 Å². The number of fused-ring (bicyclic) bond motifs is 1. The predicted octanol–water partition coefficient (Wildman–Crippen LogP) is 2.10. The lowest BCUT2D eigenvalue weighted by atomic mass is 9.99. The summed E-state index contributed by atoms with van der Waals surface area (Å²) in [5.41, 5.74) is 3.22. The molecule has 5 heteroatoms. The van der Waals surface area contributed by atoms with E-state index >= 15 is 0 Å². The molecular weight excluding hydrogens is 288 g/mol. The fourth-order valence-corrected chi connectivity index (χ4v) is 3.02. The molecule has 5 nitrogen and oxygen atoms in total. The lowest BCUT2D eigenvalue weighted by Crippen LogP contribution is -2.44. The molecule has 0 spiro atoms. The molecule has 1 amide bonds. The summed E-state index contributed by atoms with van der Waals surface area (Å²) in [7, 11) is 0. The van der Waals surface area contributed by atoms with E-state index in [0.717, 1.165) is 24.2 Å². The van der Waals surface area contributed by atoms with E-state index in [-0.39, 0.29) is 18.0 Å². The number of carbonyl (C=O) groups excluding carboxylic acids is 1. The van der Waals surface area contributed by atoms with Crippen molar-refractivity contribution >= 4 is 5.91 Å². The summed E-state index contributed by atoms with van der Waals surface area (Å²) in [6.07, 6.45) is 4.33. The Kier molecular flexibility index (Phi) is 4.67. The van der Waals surface area contributed by atoms with Crippen LogP contribution >= 0.6 is 0 Å². The molecule has 0 fully saturated rings. The molecule has 2 heterocycles. The number of amides is 1. The number of hydrogen-bond acceptors (Lipinski definition) is 4. The normalized spacial score (nSPS) is 16.0. The van der Waals surface area contributed by atoms with E-state index in [9.17, 15) is 4.79 Å². The Labute approximate surface area is 136 Å². The summed E-state index contributed by atoms with van der Waals surface area (Å²) in [5.74, 6) is 0.0451. The van der Waals surface area contributed by atoms with Gasteiger partial charge in [-0.15, -0.1) is 0 Å². The molecule has 3 rings (SSSR count). The van der Waals surface area contributed by atoms with Crippen LogP contribution in [0.25, 0.3) is 0 Å². The average Bonchev–Trinajstić information content (AvgIpc) is 2.55. The van der Waals surface area contributed by atoms with E-state index in [2.05, 4.69) is 20.2 Å². The van der Waals surface area contributed by atoms with Crippen LogP contribution in [0.3, 0.4) is 0 Å². The van der Waals surface area contributed by atoms with Crippen LogP contribution in [-0.2, 0) is 17.8 Å². The van der Waals surface area contributed by atoms with Gasteiger partial charge in [-0.1, -0.05) is 30.3 Å². The van der Waals surface area contributed by atoms with Crippen LogP contribution in [0.5, 0.6) is 0 Å². The second-order valence-corrected chi connectivity index (χ2v) is 6.19. The highest BCUT2D eigenvalue weighted by Gasteiger charge is 2.31. The van der Waals surface area contributed by atoms with Crippen molar-refractivity contribution in [1.29, 1.82) is 0 Å². The van der Waals surface area contributed by atoms with Crippen LogP contribution < -0.4 is 5.32 Å². The van der Waals surface area contributed by atoms with Gasteiger partial charge in [0.15, 0.2) is 0 Å². The zero-order valence-corrected chi connectivity index (χ0v) is 13.6. The van der Waals surface area contributed by atoms with Gasteiger partial charge in [0.05, 0.1) is 5.69 Å². The van der Waals surface area contributed by atoms with Gasteiger partial charge in [0.2, 0.25) is 5.91 Å². The summed E-state index contributed by atoms with van der Waals surface area (Å²) in [6, 6.07) is 9.78. The first-order valence-corrected chi connectivity index (χ1v) is 8.02. The molecule has 23 heavy (non-hydrogen) atoms. The van der Waals surface area contributed by atoms with Crippen LogP contribution in [0.4, 0.5) is 0 Å². The zero-order valence-electron chi connectivity index (χ0n) is 13.6. The van der Waals surface area contributed by atoms with E-state index in [1.807, 2.05) is 50.4 Å². The molecular formula is C18H22N4O. The minimum Gasteiger partial charge on any atom is -0.352 e. The third-order valence-corrected chi connectivity index (χ3v) is 4.06. The second-order valence-electron chi connectivity index (χ2n) is 6.19. The Morgan fingerprint density at radius 2 is 2.04 bits per heavy atom. The van der Waals surface area contributed by atoms with E-state index in [1.165, 1.54) is 5.56 Å². The predicted molar refractivity (Wildman–Crippen MR) is 88.6 cm³/mol. The van der Waals surface area contributed by atoms with Gasteiger partial charge in [-0.25, -0.2) is 9.97 Å². The molecule has 0 saturated heterocycles. The van der Waals surface area contributed by atoms with Crippen molar-refractivity contribution in [2.45, 2.75) is 38.9 Å². The van der Waals surface area contributed by atoms with Gasteiger partial charge < -0.3 is 5.32 Å². The smallest absolute Gasteiger partial charge is 0.242 e. The number of benzene rings is 1. The molecule has 1 aromatic heterocycles. The molecule has 0 aliphatic carbocycles. The van der Waals surface area contributed by atoms with Crippen molar-refractivity contribution in [3.63, 3.8) is 0 Å². The number of aromatic nitrogens is 2. The molecule has 1 atom stereocenters. The topological polar surface area (TPSA) is 58.1 Å². The molecule has 0 radical (unpaired) electrons. The van der Waals surface area contributed by atoms with Crippen LogP contribution in [0, 0.1) is 0 Å². The molecule has 1 unspecified atom stereocenters. The largest absolute Gasteiger partial charge is 0.352 e. The minimum absolute atomic E-state index is 0.0451. The Bertz CT molecular complexity index is 672. The van der Waals surface area contributed by atoms with Crippen molar-refractivity contribution in [2.24, 2.45) is 0 Å². The molecule has 1 aliphatic heterocycles. The van der Waals surface area contributed by atoms with Gasteiger partial charge in [0.1, 0.15) is 12.4 Å². The Hall–Kier alpha value is -2.27. The van der Waals surface area contributed by atoms with E-state index in [4.69, 9.17) is 0 Å². The van der Waals surface area contributed by atoms with Crippen molar-refractivity contribution in [3.05, 3.63) is 59.7 Å². The molecule has 1 aromatic carbocycles. The summed E-state index contributed by atoms with van der Waals surface area (Å²) < 4.78 is 0. The Balaban J connectivity index is 1.89. The first kappa shape index (κ1) is 15.6. The van der Waals surface area contributed by atoms with Crippen LogP contribution in [0.1, 0.15) is 36.7 Å². The van der Waals surface area contributed by atoms with Crippen LogP contribution in [-0.4, -0.2) is 33.4 Å². The minimum atomic E-state index is -0.290. The first-order valence-electron chi connectivity index (χ1n) is 8.02. The van der Waals surface area contributed by atoms with Crippen molar-refractivity contribution in [3.8, 4) is 0 Å². The highest BCUT2D eigenvalue weighted by molar-refractivity contribution is 5.83. The fraction of sp³-hybridized carbons (Fsp3) is 0.389. The molecule has 1 aliphatic rings. The van der Waals surface area contributed by atoms with Gasteiger partial charge in [-0.2, -0.15) is 0 Å². The summed E-state index contributed by atoms with van der Waals surface area (Å²) in [6.45, 7) is 5.46. The summed E-state index contributed by atoms with van der Waals surface area (Å²) in [4.78, 5) is 23.4. The van der Waals surface area contributed by atoms with Crippen molar-refractivity contribution in [1.82, 2.24) is 20.2 Å². The number of rotatable bonds is 4. The first-order chi connectivity index (χ1) is 11.1. The van der Waals surface area contributed by atoms with Gasteiger partial charge >= 0.3 is 0 Å². The lowest BCUT2D eigenvalue weighted by Gasteiger charge is -2.34. The monoisotopic (exact) mass is 310 g/mol. The van der Waals surface area contributed by atoms with Crippen LogP contribution in [0.2, 0.25) is 0 Å². The Morgan fingerprint density at radius 1 is 1.26 bits per heavy atom. The number of hydrogen-bond donors (Lipinski definition) is 1. The van der Waals surface area contributed by atoms with E-state index < -0.39 is 0 Å². The lowest BCUT2D eigenvalue weighted by molar-refractivity contribution is -0.127.